The predicted octanol–water partition coefficient (Wildman–Crippen LogP) is 2.65. The van der Waals surface area contributed by atoms with E-state index in [2.05, 4.69) is 30.7 Å². The van der Waals surface area contributed by atoms with Crippen molar-refractivity contribution in [1.82, 2.24) is 30.1 Å². The number of nitrogens with one attached hydrogen (secondary N) is 1. The van der Waals surface area contributed by atoms with Crippen molar-refractivity contribution in [2.75, 3.05) is 25.0 Å². The largest absolute Gasteiger partial charge is 0.310 e. The van der Waals surface area contributed by atoms with Crippen molar-refractivity contribution in [1.29, 1.82) is 0 Å². The van der Waals surface area contributed by atoms with Crippen molar-refractivity contribution in [3.8, 4) is 5.69 Å². The van der Waals surface area contributed by atoms with Crippen LogP contribution in [0.25, 0.3) is 5.69 Å². The van der Waals surface area contributed by atoms with Crippen molar-refractivity contribution in [3.05, 3.63) is 60.0 Å². The number of likely N-dealkylation sites (tertiary alicyclic amines) is 1. The number of aryl methyl sites for hydroxylation is 2. The average Bonchev–Trinajstić information content (AvgIpc) is 3.23. The Balaban J connectivity index is 1.21. The summed E-state index contributed by atoms with van der Waals surface area (Å²) in [5.41, 5.74) is 1.88. The van der Waals surface area contributed by atoms with Gasteiger partial charge in [0.25, 0.3) is 0 Å². The topological polar surface area (TPSA) is 88.8 Å². The van der Waals surface area contributed by atoms with E-state index in [1.54, 1.807) is 4.68 Å². The maximum Gasteiger partial charge on any atom is 0.228 e. The van der Waals surface area contributed by atoms with Crippen molar-refractivity contribution in [3.63, 3.8) is 0 Å². The van der Waals surface area contributed by atoms with Gasteiger partial charge in [-0.05, 0) is 80.5 Å². The summed E-state index contributed by atoms with van der Waals surface area (Å²) in [5, 5.41) is 15.1. The standard InChI is InChI=1S/C22H27N7O/c1-17-7-5-10-20(23-17)24-22(30)18-12-15-28(16-13-18)14-6-11-21-25-26-27-29(21)19-8-3-2-4-9-19/h2-5,7-10,18H,6,11-16H2,1H3,(H,23,24,30). The first-order valence-corrected chi connectivity index (χ1v) is 10.5. The third-order valence-corrected chi connectivity index (χ3v) is 5.51. The van der Waals surface area contributed by atoms with Gasteiger partial charge in [-0.15, -0.1) is 5.10 Å². The fourth-order valence-electron chi connectivity index (χ4n) is 3.85. The monoisotopic (exact) mass is 405 g/mol. The van der Waals surface area contributed by atoms with Crippen LogP contribution in [-0.4, -0.2) is 55.6 Å². The third-order valence-electron chi connectivity index (χ3n) is 5.51. The first-order chi connectivity index (χ1) is 14.7. The summed E-state index contributed by atoms with van der Waals surface area (Å²) in [7, 11) is 0. The van der Waals surface area contributed by atoms with Crippen LogP contribution in [0.1, 0.15) is 30.8 Å². The van der Waals surface area contributed by atoms with Crippen LogP contribution in [0, 0.1) is 12.8 Å². The van der Waals surface area contributed by atoms with Crippen LogP contribution in [-0.2, 0) is 11.2 Å². The molecule has 0 atom stereocenters. The smallest absolute Gasteiger partial charge is 0.228 e. The van der Waals surface area contributed by atoms with Crippen LogP contribution in [0.15, 0.2) is 48.5 Å². The van der Waals surface area contributed by atoms with Crippen LogP contribution in [0.3, 0.4) is 0 Å². The van der Waals surface area contributed by atoms with Crippen LogP contribution in [0.5, 0.6) is 0 Å². The van der Waals surface area contributed by atoms with Gasteiger partial charge in [0.1, 0.15) is 5.82 Å². The maximum absolute atomic E-state index is 12.5. The number of carbonyl (C=O) groups is 1. The van der Waals surface area contributed by atoms with Gasteiger partial charge in [0.15, 0.2) is 5.82 Å². The second-order valence-corrected chi connectivity index (χ2v) is 7.72. The molecule has 4 rings (SSSR count). The molecule has 1 aromatic carbocycles. The number of amides is 1. The van der Waals surface area contributed by atoms with Gasteiger partial charge in [0.2, 0.25) is 5.91 Å². The quantitative estimate of drug-likeness (QED) is 0.650. The van der Waals surface area contributed by atoms with Crippen molar-refractivity contribution in [2.24, 2.45) is 5.92 Å². The number of anilines is 1. The summed E-state index contributed by atoms with van der Waals surface area (Å²) in [6.07, 6.45) is 3.55. The Morgan fingerprint density at radius 1 is 1.10 bits per heavy atom. The molecular weight excluding hydrogens is 378 g/mol. The molecule has 3 heterocycles. The summed E-state index contributed by atoms with van der Waals surface area (Å²) in [6, 6.07) is 15.6. The van der Waals surface area contributed by atoms with E-state index in [1.165, 1.54) is 0 Å². The van der Waals surface area contributed by atoms with Crippen molar-refractivity contribution >= 4 is 11.7 Å². The van der Waals surface area contributed by atoms with E-state index in [-0.39, 0.29) is 11.8 Å². The van der Waals surface area contributed by atoms with Gasteiger partial charge in [0.05, 0.1) is 5.69 Å². The lowest BCUT2D eigenvalue weighted by Crippen LogP contribution is -2.38. The number of benzene rings is 1. The van der Waals surface area contributed by atoms with Crippen molar-refractivity contribution in [2.45, 2.75) is 32.6 Å². The van der Waals surface area contributed by atoms with Crippen LogP contribution >= 0.6 is 0 Å². The Kier molecular flexibility index (Phi) is 6.44. The van der Waals surface area contributed by atoms with Crippen LogP contribution in [0.2, 0.25) is 0 Å². The molecule has 3 aromatic rings. The molecule has 0 aliphatic carbocycles. The number of tetrazole rings is 1. The zero-order valence-corrected chi connectivity index (χ0v) is 17.2. The Labute approximate surface area is 176 Å². The minimum Gasteiger partial charge on any atom is -0.310 e. The number of carbonyl (C=O) groups excluding carboxylic acids is 1. The molecule has 1 saturated heterocycles. The number of aromatic nitrogens is 5. The van der Waals surface area contributed by atoms with E-state index in [9.17, 15) is 4.79 Å². The molecule has 0 unspecified atom stereocenters. The number of hydrogen-bond acceptors (Lipinski definition) is 6. The normalized spacial score (nSPS) is 15.2. The molecule has 2 aromatic heterocycles. The molecule has 1 aliphatic rings. The highest BCUT2D eigenvalue weighted by molar-refractivity contribution is 5.91. The first kappa shape index (κ1) is 20.2. The second kappa shape index (κ2) is 9.58. The van der Waals surface area contributed by atoms with Gasteiger partial charge < -0.3 is 10.2 Å². The Bertz CT molecular complexity index is 964. The number of hydrogen-bond donors (Lipinski definition) is 1. The van der Waals surface area contributed by atoms with E-state index in [0.29, 0.717) is 5.82 Å². The van der Waals surface area contributed by atoms with Gasteiger partial charge in [0, 0.05) is 18.0 Å². The number of para-hydroxylation sites is 1. The molecule has 8 heteroatoms. The fraction of sp³-hybridized carbons (Fsp3) is 0.409. The van der Waals surface area contributed by atoms with Crippen molar-refractivity contribution < 1.29 is 4.79 Å². The highest BCUT2D eigenvalue weighted by Crippen LogP contribution is 2.19. The number of rotatable bonds is 7. The maximum atomic E-state index is 12.5. The summed E-state index contributed by atoms with van der Waals surface area (Å²) in [5.74, 6) is 1.64. The number of nitrogens with zero attached hydrogens (tertiary/aromatic N) is 6. The van der Waals surface area contributed by atoms with E-state index in [4.69, 9.17) is 0 Å². The summed E-state index contributed by atoms with van der Waals surface area (Å²) in [6.45, 7) is 4.77. The molecular formula is C22H27N7O. The molecule has 0 saturated carbocycles. The van der Waals surface area contributed by atoms with Gasteiger partial charge in [-0.3, -0.25) is 4.79 Å². The molecule has 1 amide bonds. The highest BCUT2D eigenvalue weighted by Gasteiger charge is 2.25. The molecule has 156 valence electrons. The van der Waals surface area contributed by atoms with E-state index in [1.807, 2.05) is 55.5 Å². The molecule has 0 spiro atoms. The minimum absolute atomic E-state index is 0.0499. The molecule has 8 nitrogen and oxygen atoms in total. The third kappa shape index (κ3) is 5.07. The lowest BCUT2D eigenvalue weighted by atomic mass is 9.95. The molecule has 1 N–H and O–H groups in total. The second-order valence-electron chi connectivity index (χ2n) is 7.72. The number of pyridine rings is 1. The molecule has 30 heavy (non-hydrogen) atoms. The SMILES string of the molecule is Cc1cccc(NC(=O)C2CCN(CCCc3nnnn3-c3ccccc3)CC2)n1. The Morgan fingerprint density at radius 2 is 1.90 bits per heavy atom. The lowest BCUT2D eigenvalue weighted by molar-refractivity contribution is -0.121. The zero-order chi connectivity index (χ0) is 20.8. The average molecular weight is 406 g/mol. The van der Waals surface area contributed by atoms with Gasteiger partial charge in [-0.25, -0.2) is 4.98 Å². The van der Waals surface area contributed by atoms with Gasteiger partial charge in [-0.1, -0.05) is 24.3 Å². The van der Waals surface area contributed by atoms with Gasteiger partial charge in [-0.2, -0.15) is 4.68 Å². The van der Waals surface area contributed by atoms with Crippen LogP contribution < -0.4 is 5.32 Å². The molecule has 0 bridgehead atoms. The molecule has 0 radical (unpaired) electrons. The zero-order valence-electron chi connectivity index (χ0n) is 17.2. The molecule has 1 fully saturated rings. The Hall–Kier alpha value is -3.13. The first-order valence-electron chi connectivity index (χ1n) is 10.5. The summed E-state index contributed by atoms with van der Waals surface area (Å²) >= 11 is 0. The number of piperidine rings is 1. The fourth-order valence-corrected chi connectivity index (χ4v) is 3.85. The van der Waals surface area contributed by atoms with E-state index >= 15 is 0 Å². The summed E-state index contributed by atoms with van der Waals surface area (Å²) in [4.78, 5) is 19.3. The van der Waals surface area contributed by atoms with E-state index in [0.717, 1.165) is 62.5 Å². The van der Waals surface area contributed by atoms with Gasteiger partial charge >= 0.3 is 0 Å². The predicted molar refractivity (Wildman–Crippen MR) is 114 cm³/mol. The Morgan fingerprint density at radius 3 is 2.67 bits per heavy atom. The minimum atomic E-state index is 0.0499. The molecule has 1 aliphatic heterocycles. The van der Waals surface area contributed by atoms with Crippen LogP contribution in [0.4, 0.5) is 5.82 Å². The lowest BCUT2D eigenvalue weighted by Gasteiger charge is -2.31. The highest BCUT2D eigenvalue weighted by atomic mass is 16.1. The van der Waals surface area contributed by atoms with E-state index < -0.39 is 0 Å². The summed E-state index contributed by atoms with van der Waals surface area (Å²) < 4.78 is 1.80.